The average Bonchev–Trinajstić information content (AvgIpc) is 2.40. The fraction of sp³-hybridized carbons (Fsp3) is 0.467. The molecule has 0 aliphatic rings. The monoisotopic (exact) mass is 310 g/mol. The molecule has 0 aliphatic heterocycles. The summed E-state index contributed by atoms with van der Waals surface area (Å²) < 4.78 is 0. The summed E-state index contributed by atoms with van der Waals surface area (Å²) in [5.74, 6) is -0.323. The van der Waals surface area contributed by atoms with Gasteiger partial charge in [0.1, 0.15) is 6.04 Å². The predicted molar refractivity (Wildman–Crippen MR) is 87.3 cm³/mol. The van der Waals surface area contributed by atoms with Gasteiger partial charge >= 0.3 is 12.0 Å². The van der Waals surface area contributed by atoms with Gasteiger partial charge < -0.3 is 10.4 Å². The van der Waals surface area contributed by atoms with Crippen molar-refractivity contribution in [2.24, 2.45) is 0 Å². The number of rotatable bonds is 6. The van der Waals surface area contributed by atoms with Crippen LogP contribution >= 0.6 is 11.8 Å². The second kappa shape index (κ2) is 7.93. The molecule has 21 heavy (non-hydrogen) atoms. The van der Waals surface area contributed by atoms with Gasteiger partial charge in [0, 0.05) is 12.7 Å². The van der Waals surface area contributed by atoms with Crippen molar-refractivity contribution in [2.45, 2.75) is 26.3 Å². The number of carbonyl (C=O) groups is 2. The summed E-state index contributed by atoms with van der Waals surface area (Å²) in [5, 5.41) is 11.7. The van der Waals surface area contributed by atoms with E-state index in [0.717, 1.165) is 16.8 Å². The van der Waals surface area contributed by atoms with Crippen LogP contribution in [0.1, 0.15) is 17.5 Å². The molecule has 2 amide bonds. The summed E-state index contributed by atoms with van der Waals surface area (Å²) in [6, 6.07) is 4.54. The number of benzene rings is 1. The first-order chi connectivity index (χ1) is 9.85. The number of hydrogen-bond acceptors (Lipinski definition) is 3. The van der Waals surface area contributed by atoms with E-state index in [1.807, 2.05) is 38.3 Å². The van der Waals surface area contributed by atoms with Crippen molar-refractivity contribution < 1.29 is 14.7 Å². The Bertz CT molecular complexity index is 499. The molecular weight excluding hydrogens is 288 g/mol. The minimum atomic E-state index is -1.01. The fourth-order valence-corrected chi connectivity index (χ4v) is 2.47. The molecule has 0 bridgehead atoms. The summed E-state index contributed by atoms with van der Waals surface area (Å²) in [6.07, 6.45) is 2.31. The van der Waals surface area contributed by atoms with E-state index in [1.54, 1.807) is 18.8 Å². The predicted octanol–water partition coefficient (Wildman–Crippen LogP) is 2.66. The standard InChI is InChI=1S/C15H22N2O3S/c1-10-7-11(2)9-12(8-10)17(3)15(20)16-13(14(18)19)5-6-21-4/h7-9,13H,5-6H2,1-4H3,(H,16,20)(H,18,19)/t13-/m0/s1. The Morgan fingerprint density at radius 1 is 1.29 bits per heavy atom. The van der Waals surface area contributed by atoms with E-state index >= 15 is 0 Å². The molecule has 0 saturated heterocycles. The zero-order chi connectivity index (χ0) is 16.0. The number of amides is 2. The zero-order valence-corrected chi connectivity index (χ0v) is 13.7. The molecule has 1 aromatic rings. The molecule has 0 aromatic heterocycles. The number of carboxylic acids is 1. The summed E-state index contributed by atoms with van der Waals surface area (Å²) >= 11 is 1.55. The molecule has 0 heterocycles. The minimum Gasteiger partial charge on any atom is -0.480 e. The highest BCUT2D eigenvalue weighted by Gasteiger charge is 2.22. The van der Waals surface area contributed by atoms with Crippen LogP contribution in [0.2, 0.25) is 0 Å². The van der Waals surface area contributed by atoms with Crippen LogP contribution in [-0.4, -0.2) is 42.2 Å². The van der Waals surface area contributed by atoms with E-state index in [1.165, 1.54) is 4.90 Å². The third-order valence-corrected chi connectivity index (χ3v) is 3.75. The van der Waals surface area contributed by atoms with E-state index in [9.17, 15) is 9.59 Å². The maximum Gasteiger partial charge on any atom is 0.326 e. The number of aliphatic carboxylic acids is 1. The Morgan fingerprint density at radius 2 is 1.86 bits per heavy atom. The van der Waals surface area contributed by atoms with E-state index < -0.39 is 18.0 Å². The largest absolute Gasteiger partial charge is 0.480 e. The van der Waals surface area contributed by atoms with Gasteiger partial charge in [-0.25, -0.2) is 9.59 Å². The number of anilines is 1. The van der Waals surface area contributed by atoms with Crippen molar-refractivity contribution in [2.75, 3.05) is 24.0 Å². The molecule has 5 nitrogen and oxygen atoms in total. The van der Waals surface area contributed by atoms with Crippen LogP contribution < -0.4 is 10.2 Å². The lowest BCUT2D eigenvalue weighted by atomic mass is 10.1. The Morgan fingerprint density at radius 3 is 2.33 bits per heavy atom. The third-order valence-electron chi connectivity index (χ3n) is 3.10. The van der Waals surface area contributed by atoms with Gasteiger partial charge in [-0.05, 0) is 55.5 Å². The van der Waals surface area contributed by atoms with Crippen LogP contribution in [0.15, 0.2) is 18.2 Å². The lowest BCUT2D eigenvalue weighted by molar-refractivity contribution is -0.139. The van der Waals surface area contributed by atoms with E-state index in [0.29, 0.717) is 12.2 Å². The molecule has 0 unspecified atom stereocenters. The second-order valence-corrected chi connectivity index (χ2v) is 6.01. The zero-order valence-electron chi connectivity index (χ0n) is 12.8. The van der Waals surface area contributed by atoms with Crippen LogP contribution in [0.25, 0.3) is 0 Å². The van der Waals surface area contributed by atoms with Crippen LogP contribution in [0.3, 0.4) is 0 Å². The number of hydrogen-bond donors (Lipinski definition) is 2. The van der Waals surface area contributed by atoms with Gasteiger partial charge in [-0.2, -0.15) is 11.8 Å². The van der Waals surface area contributed by atoms with Crippen LogP contribution in [0.4, 0.5) is 10.5 Å². The third kappa shape index (κ3) is 5.30. The van der Waals surface area contributed by atoms with Crippen molar-refractivity contribution >= 4 is 29.4 Å². The first-order valence-electron chi connectivity index (χ1n) is 6.69. The first-order valence-corrected chi connectivity index (χ1v) is 8.08. The number of nitrogens with one attached hydrogen (secondary N) is 1. The van der Waals surface area contributed by atoms with Crippen molar-refractivity contribution in [1.29, 1.82) is 0 Å². The molecular formula is C15H22N2O3S. The molecule has 0 aliphatic carbocycles. The van der Waals surface area contributed by atoms with Gasteiger partial charge in [0.05, 0.1) is 0 Å². The molecule has 1 rings (SSSR count). The minimum absolute atomic E-state index is 0.406. The van der Waals surface area contributed by atoms with Crippen molar-refractivity contribution in [3.63, 3.8) is 0 Å². The normalized spacial score (nSPS) is 11.8. The average molecular weight is 310 g/mol. The highest BCUT2D eigenvalue weighted by atomic mass is 32.2. The Labute approximate surface area is 129 Å². The van der Waals surface area contributed by atoms with Gasteiger partial charge in [-0.15, -0.1) is 0 Å². The molecule has 0 radical (unpaired) electrons. The lowest BCUT2D eigenvalue weighted by Gasteiger charge is -2.22. The molecule has 0 spiro atoms. The SMILES string of the molecule is CSCC[C@H](NC(=O)N(C)c1cc(C)cc(C)c1)C(=O)O. The van der Waals surface area contributed by atoms with Gasteiger partial charge in [-0.3, -0.25) is 4.90 Å². The van der Waals surface area contributed by atoms with Crippen LogP contribution in [0, 0.1) is 13.8 Å². The molecule has 2 N–H and O–H groups in total. The Hall–Kier alpha value is -1.69. The summed E-state index contributed by atoms with van der Waals surface area (Å²) in [5.41, 5.74) is 2.86. The number of urea groups is 1. The smallest absolute Gasteiger partial charge is 0.326 e. The van der Waals surface area contributed by atoms with Crippen molar-refractivity contribution in [3.05, 3.63) is 29.3 Å². The topological polar surface area (TPSA) is 69.6 Å². The van der Waals surface area contributed by atoms with Gasteiger partial charge in [-0.1, -0.05) is 6.07 Å². The van der Waals surface area contributed by atoms with Crippen LogP contribution in [0.5, 0.6) is 0 Å². The molecule has 6 heteroatoms. The number of nitrogens with zero attached hydrogens (tertiary/aromatic N) is 1. The van der Waals surface area contributed by atoms with Crippen molar-refractivity contribution in [3.8, 4) is 0 Å². The maximum absolute atomic E-state index is 12.2. The van der Waals surface area contributed by atoms with E-state index in [-0.39, 0.29) is 0 Å². The van der Waals surface area contributed by atoms with E-state index in [4.69, 9.17) is 5.11 Å². The molecule has 0 saturated carbocycles. The Balaban J connectivity index is 2.78. The van der Waals surface area contributed by atoms with Crippen LogP contribution in [-0.2, 0) is 4.79 Å². The van der Waals surface area contributed by atoms with Crippen molar-refractivity contribution in [1.82, 2.24) is 5.32 Å². The quantitative estimate of drug-likeness (QED) is 0.847. The number of carbonyl (C=O) groups excluding carboxylic acids is 1. The van der Waals surface area contributed by atoms with Gasteiger partial charge in [0.2, 0.25) is 0 Å². The second-order valence-electron chi connectivity index (χ2n) is 5.03. The van der Waals surface area contributed by atoms with Gasteiger partial charge in [0.15, 0.2) is 0 Å². The number of carboxylic acid groups (broad SMARTS) is 1. The summed E-state index contributed by atoms with van der Waals surface area (Å²) in [4.78, 5) is 24.8. The molecule has 1 atom stereocenters. The summed E-state index contributed by atoms with van der Waals surface area (Å²) in [6.45, 7) is 3.92. The summed E-state index contributed by atoms with van der Waals surface area (Å²) in [7, 11) is 1.64. The maximum atomic E-state index is 12.2. The first kappa shape index (κ1) is 17.4. The fourth-order valence-electron chi connectivity index (χ4n) is 2.00. The molecule has 1 aromatic carbocycles. The van der Waals surface area contributed by atoms with Gasteiger partial charge in [0.25, 0.3) is 0 Å². The Kier molecular flexibility index (Phi) is 6.55. The lowest BCUT2D eigenvalue weighted by Crippen LogP contribution is -2.47. The number of aryl methyl sites for hydroxylation is 2. The van der Waals surface area contributed by atoms with E-state index in [2.05, 4.69) is 5.32 Å². The highest BCUT2D eigenvalue weighted by molar-refractivity contribution is 7.98. The molecule has 0 fully saturated rings. The molecule has 116 valence electrons. The highest BCUT2D eigenvalue weighted by Crippen LogP contribution is 2.17. The number of thioether (sulfide) groups is 1.